The number of carbonyl (C=O) groups excluding carboxylic acids is 3. The van der Waals surface area contributed by atoms with Crippen LogP contribution in [0, 0.1) is 6.92 Å². The Morgan fingerprint density at radius 1 is 0.973 bits per heavy atom. The monoisotopic (exact) mass is 544 g/mol. The number of phenols is 1. The summed E-state index contributed by atoms with van der Waals surface area (Å²) in [4.78, 5) is 37.1. The molecule has 0 aliphatic heterocycles. The third-order valence-electron chi connectivity index (χ3n) is 5.52. The summed E-state index contributed by atoms with van der Waals surface area (Å²) in [5, 5.41) is 14.0. The van der Waals surface area contributed by atoms with Crippen molar-refractivity contribution in [2.75, 3.05) is 17.7 Å². The van der Waals surface area contributed by atoms with Gasteiger partial charge in [-0.1, -0.05) is 30.7 Å². The molecule has 0 saturated carbocycles. The summed E-state index contributed by atoms with van der Waals surface area (Å²) in [6, 6.07) is 14.3. The van der Waals surface area contributed by atoms with E-state index in [1.165, 1.54) is 49.6 Å². The molecule has 0 aromatic heterocycles. The van der Waals surface area contributed by atoms with E-state index >= 15 is 0 Å². The van der Waals surface area contributed by atoms with Crippen LogP contribution < -0.4 is 10.6 Å². The fraction of sp³-hybridized carbons (Fsp3) is 0.192. The van der Waals surface area contributed by atoms with E-state index in [0.29, 0.717) is 0 Å². The molecule has 9 nitrogen and oxygen atoms in total. The summed E-state index contributed by atoms with van der Waals surface area (Å²) in [5.41, 5.74) is 1.14. The zero-order valence-electron chi connectivity index (χ0n) is 20.2. The molecule has 194 valence electrons. The van der Waals surface area contributed by atoms with Crippen LogP contribution in [-0.4, -0.2) is 43.7 Å². The normalized spacial score (nSPS) is 11.9. The van der Waals surface area contributed by atoms with Crippen LogP contribution in [0.3, 0.4) is 0 Å². The Balaban J connectivity index is 1.78. The maximum Gasteiger partial charge on any atom is 0.337 e. The lowest BCUT2D eigenvalue weighted by molar-refractivity contribution is -0.115. The minimum absolute atomic E-state index is 0.00855. The molecule has 3 N–H and O–H groups in total. The van der Waals surface area contributed by atoms with Crippen LogP contribution in [0.2, 0.25) is 5.02 Å². The second-order valence-electron chi connectivity index (χ2n) is 8.12. The summed E-state index contributed by atoms with van der Waals surface area (Å²) in [7, 11) is -2.74. The fourth-order valence-corrected chi connectivity index (χ4v) is 5.48. The van der Waals surface area contributed by atoms with Crippen LogP contribution >= 0.6 is 11.6 Å². The van der Waals surface area contributed by atoms with Crippen molar-refractivity contribution in [3.8, 4) is 5.75 Å². The lowest BCUT2D eigenvalue weighted by atomic mass is 10.1. The van der Waals surface area contributed by atoms with Crippen molar-refractivity contribution >= 4 is 50.6 Å². The zero-order valence-corrected chi connectivity index (χ0v) is 21.8. The van der Waals surface area contributed by atoms with E-state index in [0.717, 1.165) is 11.6 Å². The third kappa shape index (κ3) is 6.28. The number of hydrogen-bond donors (Lipinski definition) is 3. The predicted octanol–water partition coefficient (Wildman–Crippen LogP) is 4.58. The summed E-state index contributed by atoms with van der Waals surface area (Å²) in [6.45, 7) is 3.33. The van der Waals surface area contributed by atoms with Crippen LogP contribution in [0.4, 0.5) is 11.4 Å². The number of hydrogen-bond acceptors (Lipinski definition) is 7. The van der Waals surface area contributed by atoms with Gasteiger partial charge in [-0.3, -0.25) is 9.59 Å². The Morgan fingerprint density at radius 3 is 2.22 bits per heavy atom. The van der Waals surface area contributed by atoms with E-state index in [4.69, 9.17) is 11.6 Å². The number of aryl methyl sites for hydroxylation is 1. The number of aromatic hydroxyl groups is 1. The molecule has 0 bridgehead atoms. The molecule has 1 atom stereocenters. The van der Waals surface area contributed by atoms with Gasteiger partial charge in [-0.2, -0.15) is 0 Å². The predicted molar refractivity (Wildman–Crippen MR) is 140 cm³/mol. The van der Waals surface area contributed by atoms with Crippen LogP contribution in [0.15, 0.2) is 65.6 Å². The minimum Gasteiger partial charge on any atom is -0.506 e. The van der Waals surface area contributed by atoms with Crippen molar-refractivity contribution in [3.05, 3.63) is 82.4 Å². The van der Waals surface area contributed by atoms with Crippen LogP contribution in [0.25, 0.3) is 0 Å². The molecule has 0 fully saturated rings. The summed E-state index contributed by atoms with van der Waals surface area (Å²) >= 11 is 6.27. The van der Waals surface area contributed by atoms with Crippen molar-refractivity contribution < 1.29 is 32.6 Å². The Hall–Kier alpha value is -3.89. The van der Waals surface area contributed by atoms with E-state index in [9.17, 15) is 27.9 Å². The summed E-state index contributed by atoms with van der Waals surface area (Å²) in [6.07, 6.45) is 0.00855. The van der Waals surface area contributed by atoms with Gasteiger partial charge in [0.05, 0.1) is 34.0 Å². The average molecular weight is 545 g/mol. The average Bonchev–Trinajstić information content (AvgIpc) is 2.86. The highest BCUT2D eigenvalue weighted by Gasteiger charge is 2.33. The number of ether oxygens (including phenoxy) is 1. The molecule has 0 heterocycles. The summed E-state index contributed by atoms with van der Waals surface area (Å²) < 4.78 is 30.8. The van der Waals surface area contributed by atoms with E-state index in [-0.39, 0.29) is 38.8 Å². The molecule has 11 heteroatoms. The quantitative estimate of drug-likeness (QED) is 0.278. The first-order chi connectivity index (χ1) is 17.5. The first kappa shape index (κ1) is 27.7. The van der Waals surface area contributed by atoms with Gasteiger partial charge in [0, 0.05) is 11.6 Å². The number of sulfone groups is 1. The number of methoxy groups -OCH3 is 1. The highest BCUT2D eigenvalue weighted by molar-refractivity contribution is 7.92. The lowest BCUT2D eigenvalue weighted by Gasteiger charge is -2.18. The molecule has 0 aliphatic rings. The van der Waals surface area contributed by atoms with Gasteiger partial charge < -0.3 is 20.5 Å². The SMILES string of the molecule is CCC(C(=O)Nc1cc(O)c(NC(=O)c2ccc(C(=O)OC)cc2)cc1Cl)S(=O)(=O)c1cccc(C)c1. The van der Waals surface area contributed by atoms with Gasteiger partial charge in [0.15, 0.2) is 9.84 Å². The van der Waals surface area contributed by atoms with E-state index in [2.05, 4.69) is 15.4 Å². The van der Waals surface area contributed by atoms with Crippen LogP contribution in [0.5, 0.6) is 5.75 Å². The Morgan fingerprint density at radius 2 is 1.62 bits per heavy atom. The Bertz CT molecular complexity index is 1450. The Kier molecular flexibility index (Phi) is 8.57. The zero-order chi connectivity index (χ0) is 27.3. The molecule has 3 aromatic rings. The smallest absolute Gasteiger partial charge is 0.337 e. The van der Waals surface area contributed by atoms with E-state index in [1.54, 1.807) is 26.0 Å². The molecule has 37 heavy (non-hydrogen) atoms. The van der Waals surface area contributed by atoms with Crippen molar-refractivity contribution in [2.45, 2.75) is 30.4 Å². The van der Waals surface area contributed by atoms with Crippen LogP contribution in [-0.2, 0) is 19.4 Å². The van der Waals surface area contributed by atoms with E-state index in [1.807, 2.05) is 0 Å². The first-order valence-electron chi connectivity index (χ1n) is 11.1. The molecular weight excluding hydrogens is 520 g/mol. The van der Waals surface area contributed by atoms with Crippen LogP contribution in [0.1, 0.15) is 39.6 Å². The maximum absolute atomic E-state index is 13.1. The van der Waals surface area contributed by atoms with Gasteiger partial charge in [-0.05, 0) is 61.4 Å². The van der Waals surface area contributed by atoms with Gasteiger partial charge >= 0.3 is 5.97 Å². The number of amides is 2. The second-order valence-corrected chi connectivity index (χ2v) is 10.7. The third-order valence-corrected chi connectivity index (χ3v) is 8.04. The van der Waals surface area contributed by atoms with Gasteiger partial charge in [0.1, 0.15) is 11.0 Å². The standard InChI is InChI=1S/C26H25ClN2O7S/c1-4-23(37(34,35)18-7-5-6-15(2)12-18)25(32)28-20-14-22(30)21(13-19(20)27)29-24(31)16-8-10-17(11-9-16)26(33)36-3/h5-14,23,30H,4H2,1-3H3,(H,28,32)(H,29,31). The molecule has 0 saturated heterocycles. The van der Waals surface area contributed by atoms with Gasteiger partial charge in [-0.15, -0.1) is 0 Å². The van der Waals surface area contributed by atoms with Gasteiger partial charge in [-0.25, -0.2) is 13.2 Å². The fourth-order valence-electron chi connectivity index (χ4n) is 3.54. The molecule has 0 aliphatic carbocycles. The number of phenolic OH excluding ortho intramolecular Hbond substituents is 1. The summed E-state index contributed by atoms with van der Waals surface area (Å²) in [5.74, 6) is -2.36. The molecule has 3 rings (SSSR count). The maximum atomic E-state index is 13.1. The Labute approximate surface area is 219 Å². The number of carbonyl (C=O) groups is 3. The van der Waals surface area contributed by atoms with Gasteiger partial charge in [0.25, 0.3) is 5.91 Å². The highest BCUT2D eigenvalue weighted by Crippen LogP contribution is 2.34. The number of halogens is 1. The molecule has 2 amide bonds. The van der Waals surface area contributed by atoms with Crippen molar-refractivity contribution in [3.63, 3.8) is 0 Å². The molecule has 3 aromatic carbocycles. The largest absolute Gasteiger partial charge is 0.506 e. The van der Waals surface area contributed by atoms with E-state index < -0.39 is 38.6 Å². The highest BCUT2D eigenvalue weighted by atomic mass is 35.5. The first-order valence-corrected chi connectivity index (χ1v) is 13.0. The molecule has 0 spiro atoms. The van der Waals surface area contributed by atoms with Crippen molar-refractivity contribution in [1.29, 1.82) is 0 Å². The number of nitrogens with one attached hydrogen (secondary N) is 2. The molecule has 0 radical (unpaired) electrons. The number of anilines is 2. The number of esters is 1. The number of rotatable bonds is 8. The van der Waals surface area contributed by atoms with Crippen molar-refractivity contribution in [1.82, 2.24) is 0 Å². The molecular formula is C26H25ClN2O7S. The molecule has 1 unspecified atom stereocenters. The minimum atomic E-state index is -3.98. The second kappa shape index (κ2) is 11.4. The lowest BCUT2D eigenvalue weighted by Crippen LogP contribution is -2.34. The number of benzene rings is 3. The van der Waals surface area contributed by atoms with Gasteiger partial charge in [0.2, 0.25) is 5.91 Å². The van der Waals surface area contributed by atoms with Crippen molar-refractivity contribution in [2.24, 2.45) is 0 Å². The topological polar surface area (TPSA) is 139 Å².